The molecule has 0 amide bonds. The summed E-state index contributed by atoms with van der Waals surface area (Å²) in [6, 6.07) is 4.13. The van der Waals surface area contributed by atoms with Crippen LogP contribution in [0.25, 0.3) is 0 Å². The Morgan fingerprint density at radius 2 is 1.70 bits per heavy atom. The lowest BCUT2D eigenvalue weighted by atomic mass is 10.3. The molecule has 10 heavy (non-hydrogen) atoms. The number of aromatic hydroxyl groups is 2. The zero-order valence-corrected chi connectivity index (χ0v) is 5.93. The third kappa shape index (κ3) is 1.70. The summed E-state index contributed by atoms with van der Waals surface area (Å²) < 4.78 is 0. The number of halogens is 1. The predicted octanol–water partition coefficient (Wildman–Crippen LogP) is 1.10. The third-order valence-electron chi connectivity index (χ3n) is 0.999. The predicted molar refractivity (Wildman–Crippen MR) is 41.4 cm³/mol. The molecule has 0 saturated heterocycles. The molecule has 1 aromatic carbocycles. The highest BCUT2D eigenvalue weighted by molar-refractivity contribution is 5.85. The maximum absolute atomic E-state index is 8.77. The first kappa shape index (κ1) is 8.91. The molecule has 0 heterocycles. The molecule has 0 fully saturated rings. The van der Waals surface area contributed by atoms with Crippen molar-refractivity contribution in [2.45, 2.75) is 0 Å². The van der Waals surface area contributed by atoms with Crippen molar-refractivity contribution in [2.24, 2.45) is 0 Å². The van der Waals surface area contributed by atoms with Crippen molar-refractivity contribution in [3.05, 3.63) is 18.2 Å². The molecule has 0 radical (unpaired) electrons. The zero-order chi connectivity index (χ0) is 6.85. The first-order chi connectivity index (χ1) is 4.20. The maximum atomic E-state index is 8.77. The summed E-state index contributed by atoms with van der Waals surface area (Å²) in [6.07, 6.45) is 0. The van der Waals surface area contributed by atoms with Crippen LogP contribution in [-0.4, -0.2) is 10.2 Å². The molecule has 0 aromatic heterocycles. The maximum Gasteiger partial charge on any atom is 0.159 e. The van der Waals surface area contributed by atoms with Gasteiger partial charge in [-0.1, -0.05) is 0 Å². The van der Waals surface area contributed by atoms with Crippen molar-refractivity contribution < 1.29 is 10.2 Å². The summed E-state index contributed by atoms with van der Waals surface area (Å²) in [5.74, 6) is -0.334. The molecule has 56 valence electrons. The molecule has 1 rings (SSSR count). The van der Waals surface area contributed by atoms with Crippen molar-refractivity contribution in [1.82, 2.24) is 0 Å². The number of anilines is 1. The molecule has 0 aliphatic carbocycles. The smallest absolute Gasteiger partial charge is 0.159 e. The van der Waals surface area contributed by atoms with Gasteiger partial charge in [-0.05, 0) is 12.1 Å². The van der Waals surface area contributed by atoms with Crippen LogP contribution in [0, 0.1) is 0 Å². The summed E-state index contributed by atoms with van der Waals surface area (Å²) in [5.41, 5.74) is 5.69. The van der Waals surface area contributed by atoms with Crippen LogP contribution in [0.15, 0.2) is 18.2 Å². The van der Waals surface area contributed by atoms with Gasteiger partial charge in [0.05, 0.1) is 0 Å². The number of hydrogen-bond acceptors (Lipinski definition) is 3. The van der Waals surface area contributed by atoms with E-state index in [1.165, 1.54) is 18.2 Å². The van der Waals surface area contributed by atoms with E-state index in [9.17, 15) is 0 Å². The number of rotatable bonds is 0. The highest BCUT2D eigenvalue weighted by atomic mass is 35.5. The van der Waals surface area contributed by atoms with Gasteiger partial charge in [-0.25, -0.2) is 0 Å². The largest absolute Gasteiger partial charge is 0.504 e. The number of nitrogen functional groups attached to an aromatic ring is 1. The van der Waals surface area contributed by atoms with E-state index < -0.39 is 0 Å². The minimum atomic E-state index is -0.185. The molecule has 0 aliphatic heterocycles. The lowest BCUT2D eigenvalue weighted by molar-refractivity contribution is 0.404. The van der Waals surface area contributed by atoms with Crippen LogP contribution in [0.1, 0.15) is 0 Å². The van der Waals surface area contributed by atoms with E-state index in [0.29, 0.717) is 5.69 Å². The number of hydrogen-bond donors (Lipinski definition) is 3. The standard InChI is InChI=1S/C6H7NO2.ClH/c7-4-1-2-5(8)6(9)3-4;/h1-3,8-9H,7H2;1H. The first-order valence-corrected chi connectivity index (χ1v) is 2.47. The molecule has 3 nitrogen and oxygen atoms in total. The molecule has 4 N–H and O–H groups in total. The summed E-state index contributed by atoms with van der Waals surface area (Å²) in [4.78, 5) is 0. The van der Waals surface area contributed by atoms with E-state index >= 15 is 0 Å². The van der Waals surface area contributed by atoms with Crippen LogP contribution in [0.5, 0.6) is 11.5 Å². The molecule has 0 unspecified atom stereocenters. The quantitative estimate of drug-likeness (QED) is 0.303. The van der Waals surface area contributed by atoms with E-state index in [2.05, 4.69) is 0 Å². The molecular formula is C6H8ClNO2. The Kier molecular flexibility index (Phi) is 2.83. The molecule has 0 bridgehead atoms. The average Bonchev–Trinajstić information content (AvgIpc) is 1.80. The van der Waals surface area contributed by atoms with Crippen LogP contribution >= 0.6 is 12.4 Å². The zero-order valence-electron chi connectivity index (χ0n) is 5.11. The van der Waals surface area contributed by atoms with Crippen molar-refractivity contribution in [1.29, 1.82) is 0 Å². The number of phenols is 2. The monoisotopic (exact) mass is 161 g/mol. The molecule has 4 heteroatoms. The molecule has 1 aromatic rings. The van der Waals surface area contributed by atoms with Crippen molar-refractivity contribution in [2.75, 3.05) is 5.73 Å². The van der Waals surface area contributed by atoms with Gasteiger partial charge < -0.3 is 15.9 Å². The molecule has 0 saturated carbocycles. The lowest BCUT2D eigenvalue weighted by Gasteiger charge is -1.95. The van der Waals surface area contributed by atoms with Gasteiger partial charge in [0, 0.05) is 11.8 Å². The van der Waals surface area contributed by atoms with Gasteiger partial charge in [0.25, 0.3) is 0 Å². The van der Waals surface area contributed by atoms with Gasteiger partial charge in [0.2, 0.25) is 0 Å². The summed E-state index contributed by atoms with van der Waals surface area (Å²) >= 11 is 0. The second-order valence-electron chi connectivity index (χ2n) is 1.75. The van der Waals surface area contributed by atoms with Gasteiger partial charge in [-0.2, -0.15) is 0 Å². The van der Waals surface area contributed by atoms with E-state index in [0.717, 1.165) is 0 Å². The number of benzene rings is 1. The minimum Gasteiger partial charge on any atom is -0.504 e. The van der Waals surface area contributed by atoms with Crippen molar-refractivity contribution >= 4 is 18.1 Å². The van der Waals surface area contributed by atoms with Crippen LogP contribution in [0.4, 0.5) is 5.69 Å². The second kappa shape index (κ2) is 3.17. The van der Waals surface area contributed by atoms with Crippen LogP contribution in [0.3, 0.4) is 0 Å². The van der Waals surface area contributed by atoms with Gasteiger partial charge in [0.1, 0.15) is 0 Å². The fourth-order valence-corrected chi connectivity index (χ4v) is 0.540. The minimum absolute atomic E-state index is 0. The van der Waals surface area contributed by atoms with Crippen LogP contribution < -0.4 is 5.73 Å². The van der Waals surface area contributed by atoms with Crippen LogP contribution in [-0.2, 0) is 0 Å². The average molecular weight is 162 g/mol. The number of nitrogens with two attached hydrogens (primary N) is 1. The first-order valence-electron chi connectivity index (χ1n) is 2.47. The van der Waals surface area contributed by atoms with Crippen molar-refractivity contribution in [3.8, 4) is 11.5 Å². The summed E-state index contributed by atoms with van der Waals surface area (Å²) in [6.45, 7) is 0. The Balaban J connectivity index is 0.000000810. The fraction of sp³-hybridized carbons (Fsp3) is 0. The van der Waals surface area contributed by atoms with E-state index in [-0.39, 0.29) is 23.9 Å². The van der Waals surface area contributed by atoms with Gasteiger partial charge in [-0.3, -0.25) is 0 Å². The lowest BCUT2D eigenvalue weighted by Crippen LogP contribution is -1.81. The normalized spacial score (nSPS) is 8.40. The van der Waals surface area contributed by atoms with E-state index in [1.54, 1.807) is 0 Å². The Morgan fingerprint density at radius 3 is 2.10 bits per heavy atom. The van der Waals surface area contributed by atoms with Crippen LogP contribution in [0.2, 0.25) is 0 Å². The topological polar surface area (TPSA) is 66.5 Å². The Morgan fingerprint density at radius 1 is 1.10 bits per heavy atom. The van der Waals surface area contributed by atoms with E-state index in [4.69, 9.17) is 15.9 Å². The third-order valence-corrected chi connectivity index (χ3v) is 0.999. The SMILES string of the molecule is Cl.Nc1ccc(O)c(O)c1. The Hall–Kier alpha value is -1.09. The molecule has 0 atom stereocenters. The summed E-state index contributed by atoms with van der Waals surface area (Å²) in [7, 11) is 0. The Bertz CT molecular complexity index is 227. The molecule has 0 spiro atoms. The Labute approximate surface area is 64.5 Å². The summed E-state index contributed by atoms with van der Waals surface area (Å²) in [5, 5.41) is 17.5. The highest BCUT2D eigenvalue weighted by Crippen LogP contribution is 2.25. The molecule has 0 aliphatic rings. The van der Waals surface area contributed by atoms with Crippen molar-refractivity contribution in [3.63, 3.8) is 0 Å². The highest BCUT2D eigenvalue weighted by Gasteiger charge is 1.95. The molecular weight excluding hydrogens is 154 g/mol. The fourth-order valence-electron chi connectivity index (χ4n) is 0.540. The van der Waals surface area contributed by atoms with Gasteiger partial charge in [-0.15, -0.1) is 12.4 Å². The van der Waals surface area contributed by atoms with Gasteiger partial charge in [0.15, 0.2) is 11.5 Å². The van der Waals surface area contributed by atoms with E-state index in [1.807, 2.05) is 0 Å². The van der Waals surface area contributed by atoms with Gasteiger partial charge >= 0.3 is 0 Å². The number of phenolic OH excluding ortho intramolecular Hbond substituents is 2. The second-order valence-corrected chi connectivity index (χ2v) is 1.75.